The second-order valence-electron chi connectivity index (χ2n) is 3.38. The second-order valence-corrected chi connectivity index (χ2v) is 3.38. The van der Waals surface area contributed by atoms with Crippen molar-refractivity contribution in [1.82, 2.24) is 4.90 Å². The van der Waals surface area contributed by atoms with Crippen molar-refractivity contribution in [3.63, 3.8) is 0 Å². The molecule has 1 aliphatic rings. The van der Waals surface area contributed by atoms with Gasteiger partial charge in [-0.15, -0.1) is 0 Å². The Balaban J connectivity index is 0. The average Bonchev–Trinajstić information content (AvgIpc) is 2.72. The predicted molar refractivity (Wildman–Crippen MR) is 69.7 cm³/mol. The molecule has 2 atom stereocenters. The number of nitrogens with zero attached hydrogens (tertiary/aromatic N) is 1. The third-order valence-corrected chi connectivity index (χ3v) is 2.53. The zero-order chi connectivity index (χ0) is 13.0. The van der Waals surface area contributed by atoms with Gasteiger partial charge in [0.2, 0.25) is 0 Å². The highest BCUT2D eigenvalue weighted by Crippen LogP contribution is 2.21. The lowest BCUT2D eigenvalue weighted by molar-refractivity contribution is 0.137. The van der Waals surface area contributed by atoms with Gasteiger partial charge >= 0.3 is 0 Å². The summed E-state index contributed by atoms with van der Waals surface area (Å²) in [6, 6.07) is 0.440. The average molecular weight is 235 g/mol. The third kappa shape index (κ3) is 7.18. The molecule has 1 aliphatic heterocycles. The van der Waals surface area contributed by atoms with Crippen LogP contribution in [0.4, 0.5) is 4.39 Å². The van der Waals surface area contributed by atoms with Gasteiger partial charge in [0.1, 0.15) is 6.17 Å². The number of alkyl halides is 1. The molecular formula is C13H30FNO. The van der Waals surface area contributed by atoms with E-state index in [2.05, 4.69) is 11.8 Å². The number of ether oxygens (including phenoxy) is 1. The van der Waals surface area contributed by atoms with Gasteiger partial charge in [0.25, 0.3) is 0 Å². The molecule has 0 radical (unpaired) electrons. The van der Waals surface area contributed by atoms with E-state index in [0.29, 0.717) is 25.6 Å². The van der Waals surface area contributed by atoms with E-state index in [9.17, 15) is 4.39 Å². The molecule has 0 aromatic heterocycles. The SMILES string of the molecule is CC.CC.CCC1CC(F)CN1CCOC. The molecule has 16 heavy (non-hydrogen) atoms. The second kappa shape index (κ2) is 12.9. The number of rotatable bonds is 4. The summed E-state index contributed by atoms with van der Waals surface area (Å²) >= 11 is 0. The van der Waals surface area contributed by atoms with Gasteiger partial charge in [0.15, 0.2) is 0 Å². The monoisotopic (exact) mass is 235 g/mol. The molecule has 100 valence electrons. The Morgan fingerprint density at radius 2 is 1.81 bits per heavy atom. The molecule has 0 aromatic carbocycles. The largest absolute Gasteiger partial charge is 0.383 e. The molecule has 2 nitrogen and oxygen atoms in total. The fourth-order valence-electron chi connectivity index (χ4n) is 1.83. The minimum atomic E-state index is -0.619. The maximum atomic E-state index is 13.0. The first-order valence-electron chi connectivity index (χ1n) is 6.65. The maximum absolute atomic E-state index is 13.0. The first kappa shape index (κ1) is 18.2. The van der Waals surface area contributed by atoms with Gasteiger partial charge in [-0.1, -0.05) is 34.6 Å². The molecule has 1 rings (SSSR count). The number of halogens is 1. The quantitative estimate of drug-likeness (QED) is 0.739. The topological polar surface area (TPSA) is 12.5 Å². The van der Waals surface area contributed by atoms with E-state index >= 15 is 0 Å². The third-order valence-electron chi connectivity index (χ3n) is 2.53. The van der Waals surface area contributed by atoms with Gasteiger partial charge in [-0.2, -0.15) is 0 Å². The lowest BCUT2D eigenvalue weighted by Crippen LogP contribution is -2.32. The minimum absolute atomic E-state index is 0.440. The fourth-order valence-corrected chi connectivity index (χ4v) is 1.83. The molecule has 0 aromatic rings. The molecule has 0 aliphatic carbocycles. The standard InChI is InChI=1S/C9H18FNO.2C2H6/c1-3-9-6-8(10)7-11(9)4-5-12-2;2*1-2/h8-9H,3-7H2,1-2H3;2*1-2H3. The van der Waals surface area contributed by atoms with Crippen molar-refractivity contribution < 1.29 is 9.13 Å². The summed E-state index contributed by atoms with van der Waals surface area (Å²) in [4.78, 5) is 2.19. The zero-order valence-electron chi connectivity index (χ0n) is 11.9. The molecule has 2 unspecified atom stereocenters. The summed E-state index contributed by atoms with van der Waals surface area (Å²) < 4.78 is 17.9. The zero-order valence-corrected chi connectivity index (χ0v) is 11.9. The number of methoxy groups -OCH3 is 1. The van der Waals surface area contributed by atoms with Crippen LogP contribution in [0.25, 0.3) is 0 Å². The summed E-state index contributed by atoms with van der Waals surface area (Å²) in [5, 5.41) is 0. The van der Waals surface area contributed by atoms with Crippen LogP contribution >= 0.6 is 0 Å². The predicted octanol–water partition coefficient (Wildman–Crippen LogP) is 3.51. The lowest BCUT2D eigenvalue weighted by atomic mass is 10.1. The van der Waals surface area contributed by atoms with Gasteiger partial charge in [0, 0.05) is 26.2 Å². The minimum Gasteiger partial charge on any atom is -0.383 e. The van der Waals surface area contributed by atoms with Crippen molar-refractivity contribution in [3.05, 3.63) is 0 Å². The molecular weight excluding hydrogens is 205 g/mol. The van der Waals surface area contributed by atoms with Crippen LogP contribution in [0.3, 0.4) is 0 Å². The number of hydrogen-bond donors (Lipinski definition) is 0. The van der Waals surface area contributed by atoms with Crippen molar-refractivity contribution >= 4 is 0 Å². The molecule has 0 saturated carbocycles. The van der Waals surface area contributed by atoms with E-state index in [4.69, 9.17) is 4.74 Å². The summed E-state index contributed by atoms with van der Waals surface area (Å²) in [7, 11) is 1.68. The van der Waals surface area contributed by atoms with Crippen LogP contribution in [0, 0.1) is 0 Å². The molecule has 3 heteroatoms. The Morgan fingerprint density at radius 3 is 2.25 bits per heavy atom. The molecule has 1 saturated heterocycles. The Labute approximate surface area is 101 Å². The van der Waals surface area contributed by atoms with E-state index < -0.39 is 6.17 Å². The van der Waals surface area contributed by atoms with Gasteiger partial charge in [-0.05, 0) is 12.8 Å². The van der Waals surface area contributed by atoms with Crippen LogP contribution in [0.2, 0.25) is 0 Å². The number of likely N-dealkylation sites (tertiary alicyclic amines) is 1. The van der Waals surface area contributed by atoms with Crippen molar-refractivity contribution in [2.75, 3.05) is 26.8 Å². The van der Waals surface area contributed by atoms with Crippen molar-refractivity contribution in [2.45, 2.75) is 59.7 Å². The first-order valence-corrected chi connectivity index (χ1v) is 6.65. The van der Waals surface area contributed by atoms with Crippen LogP contribution in [0.5, 0.6) is 0 Å². The molecule has 1 fully saturated rings. The fraction of sp³-hybridized carbons (Fsp3) is 1.00. The molecule has 0 amide bonds. The van der Waals surface area contributed by atoms with Gasteiger partial charge < -0.3 is 4.74 Å². The van der Waals surface area contributed by atoms with E-state index in [-0.39, 0.29) is 0 Å². The van der Waals surface area contributed by atoms with Crippen LogP contribution < -0.4 is 0 Å². The first-order chi connectivity index (χ1) is 7.77. The smallest absolute Gasteiger partial charge is 0.114 e. The highest BCUT2D eigenvalue weighted by atomic mass is 19.1. The van der Waals surface area contributed by atoms with Gasteiger partial charge in [-0.25, -0.2) is 4.39 Å². The van der Waals surface area contributed by atoms with E-state index in [1.165, 1.54) is 0 Å². The number of hydrogen-bond acceptors (Lipinski definition) is 2. The van der Waals surface area contributed by atoms with Crippen LogP contribution in [-0.4, -0.2) is 43.9 Å². The Kier molecular flexibility index (Phi) is 14.7. The molecule has 0 spiro atoms. The normalized spacial score (nSPS) is 24.2. The van der Waals surface area contributed by atoms with Crippen molar-refractivity contribution in [1.29, 1.82) is 0 Å². The molecule has 1 heterocycles. The summed E-state index contributed by atoms with van der Waals surface area (Å²) in [6.07, 6.45) is 1.14. The van der Waals surface area contributed by atoms with Gasteiger partial charge in [-0.3, -0.25) is 4.90 Å². The maximum Gasteiger partial charge on any atom is 0.114 e. The summed E-state index contributed by atoms with van der Waals surface area (Å²) in [5.74, 6) is 0. The summed E-state index contributed by atoms with van der Waals surface area (Å²) in [5.41, 5.74) is 0. The Bertz CT molecular complexity index is 133. The molecule has 0 bridgehead atoms. The molecule has 0 N–H and O–H groups in total. The van der Waals surface area contributed by atoms with E-state index in [0.717, 1.165) is 13.0 Å². The van der Waals surface area contributed by atoms with Crippen molar-refractivity contribution in [2.24, 2.45) is 0 Å². The van der Waals surface area contributed by atoms with Crippen LogP contribution in [-0.2, 0) is 4.74 Å². The Hall–Kier alpha value is -0.150. The van der Waals surface area contributed by atoms with Gasteiger partial charge in [0.05, 0.1) is 6.61 Å². The van der Waals surface area contributed by atoms with Crippen LogP contribution in [0.1, 0.15) is 47.5 Å². The van der Waals surface area contributed by atoms with Crippen LogP contribution in [0.15, 0.2) is 0 Å². The highest BCUT2D eigenvalue weighted by Gasteiger charge is 2.29. The lowest BCUT2D eigenvalue weighted by Gasteiger charge is -2.21. The van der Waals surface area contributed by atoms with Crippen molar-refractivity contribution in [3.8, 4) is 0 Å². The van der Waals surface area contributed by atoms with E-state index in [1.54, 1.807) is 7.11 Å². The summed E-state index contributed by atoms with van der Waals surface area (Å²) in [6.45, 7) is 12.3. The van der Waals surface area contributed by atoms with E-state index in [1.807, 2.05) is 27.7 Å². The Morgan fingerprint density at radius 1 is 1.25 bits per heavy atom. The highest BCUT2D eigenvalue weighted by molar-refractivity contribution is 4.84.